The van der Waals surface area contributed by atoms with E-state index >= 15 is 0 Å². The molecule has 0 saturated carbocycles. The van der Waals surface area contributed by atoms with Gasteiger partial charge in [0.25, 0.3) is 0 Å². The summed E-state index contributed by atoms with van der Waals surface area (Å²) in [7, 11) is -3.57. The molecule has 1 fully saturated rings. The molecule has 0 bridgehead atoms. The molecule has 2 N–H and O–H groups in total. The lowest BCUT2D eigenvalue weighted by Gasteiger charge is -2.23. The van der Waals surface area contributed by atoms with Gasteiger partial charge >= 0.3 is 0 Å². The molecule has 0 aliphatic carbocycles. The second-order valence-electron chi connectivity index (χ2n) is 4.72. The minimum absolute atomic E-state index is 0.188. The zero-order chi connectivity index (χ0) is 15.1. The predicted molar refractivity (Wildman–Crippen MR) is 78.8 cm³/mol. The van der Waals surface area contributed by atoms with Gasteiger partial charge in [0.1, 0.15) is 5.82 Å². The fourth-order valence-electron chi connectivity index (χ4n) is 1.87. The molecular formula is C13H21N3O4S. The van der Waals surface area contributed by atoms with Crippen molar-refractivity contribution in [3.8, 4) is 0 Å². The van der Waals surface area contributed by atoms with Gasteiger partial charge in [0.2, 0.25) is 10.0 Å². The van der Waals surface area contributed by atoms with Gasteiger partial charge in [0.15, 0.2) is 0 Å². The first-order valence-corrected chi connectivity index (χ1v) is 8.49. The third-order valence-electron chi connectivity index (χ3n) is 2.98. The lowest BCUT2D eigenvalue weighted by Crippen LogP contribution is -2.39. The smallest absolute Gasteiger partial charge is 0.240 e. The highest BCUT2D eigenvalue weighted by molar-refractivity contribution is 7.89. The first-order chi connectivity index (χ1) is 10.1. The van der Waals surface area contributed by atoms with Gasteiger partial charge < -0.3 is 14.8 Å². The van der Waals surface area contributed by atoms with Gasteiger partial charge in [-0.25, -0.2) is 18.1 Å². The number of nitrogens with one attached hydrogen (secondary N) is 2. The van der Waals surface area contributed by atoms with Crippen LogP contribution in [0.5, 0.6) is 0 Å². The molecule has 1 aliphatic heterocycles. The normalized spacial score (nSPS) is 19.4. The molecule has 2 heterocycles. The summed E-state index contributed by atoms with van der Waals surface area (Å²) in [6.45, 7) is 4.43. The van der Waals surface area contributed by atoms with E-state index < -0.39 is 10.0 Å². The van der Waals surface area contributed by atoms with Crippen LogP contribution in [0.3, 0.4) is 0 Å². The van der Waals surface area contributed by atoms with Crippen molar-refractivity contribution in [1.82, 2.24) is 9.71 Å². The van der Waals surface area contributed by atoms with Gasteiger partial charge in [-0.15, -0.1) is 0 Å². The Morgan fingerprint density at radius 2 is 2.29 bits per heavy atom. The lowest BCUT2D eigenvalue weighted by atomic mass is 10.3. The molecule has 7 nitrogen and oxygen atoms in total. The number of nitrogens with zero attached hydrogens (tertiary/aromatic N) is 1. The van der Waals surface area contributed by atoms with Crippen molar-refractivity contribution in [3.05, 3.63) is 18.3 Å². The highest BCUT2D eigenvalue weighted by atomic mass is 32.2. The third kappa shape index (κ3) is 4.92. The van der Waals surface area contributed by atoms with Crippen LogP contribution in [0.4, 0.5) is 5.82 Å². The molecule has 1 aromatic rings. The van der Waals surface area contributed by atoms with Crippen LogP contribution in [-0.4, -0.2) is 52.4 Å². The summed E-state index contributed by atoms with van der Waals surface area (Å²) in [5.74, 6) is 0.553. The molecular weight excluding hydrogens is 294 g/mol. The van der Waals surface area contributed by atoms with Crippen molar-refractivity contribution >= 4 is 15.8 Å². The largest absolute Gasteiger partial charge is 0.376 e. The Hall–Kier alpha value is -1.22. The minimum Gasteiger partial charge on any atom is -0.376 e. The number of pyridine rings is 1. The van der Waals surface area contributed by atoms with Crippen LogP contribution in [0.15, 0.2) is 23.2 Å². The Bertz CT molecular complexity index is 544. The van der Waals surface area contributed by atoms with Crippen LogP contribution in [0, 0.1) is 0 Å². The van der Waals surface area contributed by atoms with Crippen molar-refractivity contribution in [2.24, 2.45) is 0 Å². The first kappa shape index (κ1) is 16.2. The van der Waals surface area contributed by atoms with E-state index in [0.717, 1.165) is 13.0 Å². The molecule has 21 heavy (non-hydrogen) atoms. The molecule has 0 radical (unpaired) electrons. The van der Waals surface area contributed by atoms with Gasteiger partial charge in [-0.3, -0.25) is 0 Å². The summed E-state index contributed by atoms with van der Waals surface area (Å²) in [6.07, 6.45) is 2.18. The van der Waals surface area contributed by atoms with E-state index in [1.807, 2.05) is 6.92 Å². The van der Waals surface area contributed by atoms with Crippen LogP contribution in [0.2, 0.25) is 0 Å². The van der Waals surface area contributed by atoms with Gasteiger partial charge in [-0.2, -0.15) is 0 Å². The molecule has 1 saturated heterocycles. The van der Waals surface area contributed by atoms with E-state index in [9.17, 15) is 8.42 Å². The molecule has 1 atom stereocenters. The number of ether oxygens (including phenoxy) is 2. The van der Waals surface area contributed by atoms with Gasteiger partial charge in [0.05, 0.1) is 30.8 Å². The molecule has 0 aromatic carbocycles. The summed E-state index contributed by atoms with van der Waals surface area (Å²) < 4.78 is 37.7. The Kier molecular flexibility index (Phi) is 5.92. The average molecular weight is 315 g/mol. The van der Waals surface area contributed by atoms with E-state index in [-0.39, 0.29) is 17.5 Å². The number of aromatic nitrogens is 1. The Morgan fingerprint density at radius 3 is 3.00 bits per heavy atom. The van der Waals surface area contributed by atoms with Crippen LogP contribution in [0.25, 0.3) is 0 Å². The monoisotopic (exact) mass is 315 g/mol. The maximum atomic E-state index is 12.2. The Morgan fingerprint density at radius 1 is 1.43 bits per heavy atom. The zero-order valence-electron chi connectivity index (χ0n) is 12.0. The summed E-state index contributed by atoms with van der Waals surface area (Å²) in [4.78, 5) is 4.28. The third-order valence-corrected chi connectivity index (χ3v) is 4.41. The van der Waals surface area contributed by atoms with Gasteiger partial charge in [0, 0.05) is 25.4 Å². The molecule has 118 valence electrons. The highest BCUT2D eigenvalue weighted by Gasteiger charge is 2.20. The van der Waals surface area contributed by atoms with Crippen molar-refractivity contribution in [2.45, 2.75) is 24.3 Å². The van der Waals surface area contributed by atoms with Crippen LogP contribution >= 0.6 is 0 Å². The highest BCUT2D eigenvalue weighted by Crippen LogP contribution is 2.13. The van der Waals surface area contributed by atoms with E-state index in [0.29, 0.717) is 25.6 Å². The average Bonchev–Trinajstić information content (AvgIpc) is 2.52. The second-order valence-corrected chi connectivity index (χ2v) is 6.49. The number of hydrogen-bond donors (Lipinski definition) is 2. The molecule has 0 amide bonds. The molecule has 1 unspecified atom stereocenters. The summed E-state index contributed by atoms with van der Waals surface area (Å²) in [5.41, 5.74) is 0. The molecule has 0 spiro atoms. The Labute approximate surface area is 125 Å². The Balaban J connectivity index is 1.97. The second kappa shape index (κ2) is 7.69. The summed E-state index contributed by atoms with van der Waals surface area (Å²) in [5, 5.41) is 3.06. The fourth-order valence-corrected chi connectivity index (χ4v) is 2.95. The molecule has 1 aliphatic rings. The molecule has 8 heteroatoms. The maximum Gasteiger partial charge on any atom is 0.240 e. The van der Waals surface area contributed by atoms with Crippen LogP contribution in [-0.2, 0) is 19.5 Å². The SMILES string of the molecule is CCCNc1cc(S(=O)(=O)NCC2COCCO2)ccn1. The number of sulfonamides is 1. The van der Waals surface area contributed by atoms with Crippen molar-refractivity contribution < 1.29 is 17.9 Å². The molecule has 2 rings (SSSR count). The standard InChI is InChI=1S/C13H21N3O4S/c1-2-4-14-13-8-12(3-5-15-13)21(17,18)16-9-11-10-19-6-7-20-11/h3,5,8,11,16H,2,4,6-7,9-10H2,1H3,(H,14,15). The summed E-state index contributed by atoms with van der Waals surface area (Å²) in [6, 6.07) is 2.99. The van der Waals surface area contributed by atoms with Crippen LogP contribution < -0.4 is 10.0 Å². The maximum absolute atomic E-state index is 12.2. The van der Waals surface area contributed by atoms with Crippen molar-refractivity contribution in [3.63, 3.8) is 0 Å². The number of rotatable bonds is 7. The van der Waals surface area contributed by atoms with Crippen molar-refractivity contribution in [1.29, 1.82) is 0 Å². The topological polar surface area (TPSA) is 89.6 Å². The van der Waals surface area contributed by atoms with Crippen LogP contribution in [0.1, 0.15) is 13.3 Å². The minimum atomic E-state index is -3.57. The first-order valence-electron chi connectivity index (χ1n) is 7.01. The number of anilines is 1. The lowest BCUT2D eigenvalue weighted by molar-refractivity contribution is -0.0846. The van der Waals surface area contributed by atoms with Crippen molar-refractivity contribution in [2.75, 3.05) is 38.2 Å². The van der Waals surface area contributed by atoms with E-state index in [1.165, 1.54) is 18.3 Å². The van der Waals surface area contributed by atoms with Gasteiger partial charge in [-0.05, 0) is 12.5 Å². The summed E-state index contributed by atoms with van der Waals surface area (Å²) >= 11 is 0. The van der Waals surface area contributed by atoms with E-state index in [2.05, 4.69) is 15.0 Å². The van der Waals surface area contributed by atoms with E-state index in [1.54, 1.807) is 0 Å². The number of hydrogen-bond acceptors (Lipinski definition) is 6. The fraction of sp³-hybridized carbons (Fsp3) is 0.615. The molecule has 1 aromatic heterocycles. The van der Waals surface area contributed by atoms with E-state index in [4.69, 9.17) is 9.47 Å². The predicted octanol–water partition coefficient (Wildman–Crippen LogP) is 0.597. The zero-order valence-corrected chi connectivity index (χ0v) is 12.9. The van der Waals surface area contributed by atoms with Gasteiger partial charge in [-0.1, -0.05) is 6.92 Å². The quantitative estimate of drug-likeness (QED) is 0.766.